The number of ether oxygens (including phenoxy) is 2. The standard InChI is InChI=1S/C7H14N2O2/c1-7(3-4-10-2)5-11-6(8)9-7/h3-5H2,1-2H3,(H2,8,9). The van der Waals surface area contributed by atoms with Crippen LogP contribution in [0.5, 0.6) is 0 Å². The van der Waals surface area contributed by atoms with E-state index in [1.54, 1.807) is 7.11 Å². The second-order valence-corrected chi connectivity index (χ2v) is 2.98. The first-order chi connectivity index (χ1) is 5.16. The number of hydrogen-bond acceptors (Lipinski definition) is 4. The molecule has 1 heterocycles. The van der Waals surface area contributed by atoms with E-state index in [0.717, 1.165) is 6.42 Å². The topological polar surface area (TPSA) is 56.8 Å². The molecule has 0 fully saturated rings. The number of aliphatic imine (C=N–C) groups is 1. The van der Waals surface area contributed by atoms with E-state index >= 15 is 0 Å². The Labute approximate surface area is 66.4 Å². The van der Waals surface area contributed by atoms with Crippen LogP contribution in [0.25, 0.3) is 0 Å². The molecule has 0 amide bonds. The summed E-state index contributed by atoms with van der Waals surface area (Å²) in [7, 11) is 1.67. The van der Waals surface area contributed by atoms with Crippen LogP contribution in [0.15, 0.2) is 4.99 Å². The van der Waals surface area contributed by atoms with Gasteiger partial charge in [0.2, 0.25) is 0 Å². The Balaban J connectivity index is 2.42. The minimum Gasteiger partial charge on any atom is -0.463 e. The summed E-state index contributed by atoms with van der Waals surface area (Å²) in [5.41, 5.74) is 5.20. The molecule has 1 aliphatic rings. The van der Waals surface area contributed by atoms with Crippen molar-refractivity contribution >= 4 is 6.02 Å². The van der Waals surface area contributed by atoms with Crippen molar-refractivity contribution in [1.29, 1.82) is 0 Å². The molecular formula is C7H14N2O2. The average molecular weight is 158 g/mol. The normalized spacial score (nSPS) is 29.8. The first-order valence-electron chi connectivity index (χ1n) is 3.63. The van der Waals surface area contributed by atoms with E-state index in [9.17, 15) is 0 Å². The molecule has 0 aromatic heterocycles. The fraction of sp³-hybridized carbons (Fsp3) is 0.857. The molecule has 64 valence electrons. The van der Waals surface area contributed by atoms with E-state index in [1.807, 2.05) is 6.92 Å². The maximum atomic E-state index is 5.37. The molecule has 1 unspecified atom stereocenters. The summed E-state index contributed by atoms with van der Waals surface area (Å²) < 4.78 is 9.98. The number of methoxy groups -OCH3 is 1. The number of nitrogens with two attached hydrogens (primary N) is 1. The molecule has 1 aliphatic heterocycles. The predicted octanol–water partition coefficient (Wildman–Crippen LogP) is 0.126. The molecular weight excluding hydrogens is 144 g/mol. The summed E-state index contributed by atoms with van der Waals surface area (Å²) in [6, 6.07) is 0.295. The zero-order valence-corrected chi connectivity index (χ0v) is 6.96. The van der Waals surface area contributed by atoms with Crippen LogP contribution in [0.4, 0.5) is 0 Å². The van der Waals surface area contributed by atoms with Crippen LogP contribution in [0.2, 0.25) is 0 Å². The number of amidine groups is 1. The van der Waals surface area contributed by atoms with Crippen molar-refractivity contribution in [3.8, 4) is 0 Å². The van der Waals surface area contributed by atoms with Gasteiger partial charge in [-0.15, -0.1) is 0 Å². The molecule has 4 nitrogen and oxygen atoms in total. The van der Waals surface area contributed by atoms with Gasteiger partial charge in [-0.3, -0.25) is 0 Å². The van der Waals surface area contributed by atoms with Gasteiger partial charge in [0.1, 0.15) is 6.61 Å². The molecule has 0 aliphatic carbocycles. The lowest BCUT2D eigenvalue weighted by Crippen LogP contribution is -2.25. The number of hydrogen-bond donors (Lipinski definition) is 1. The van der Waals surface area contributed by atoms with Gasteiger partial charge in [0.05, 0.1) is 5.54 Å². The second-order valence-electron chi connectivity index (χ2n) is 2.98. The Kier molecular flexibility index (Phi) is 2.34. The van der Waals surface area contributed by atoms with Gasteiger partial charge in [0.25, 0.3) is 6.02 Å². The monoisotopic (exact) mass is 158 g/mol. The first-order valence-corrected chi connectivity index (χ1v) is 3.63. The molecule has 1 rings (SSSR count). The minimum atomic E-state index is -0.167. The van der Waals surface area contributed by atoms with Gasteiger partial charge in [0, 0.05) is 13.7 Å². The third kappa shape index (κ3) is 2.08. The van der Waals surface area contributed by atoms with Crippen LogP contribution in [0.1, 0.15) is 13.3 Å². The predicted molar refractivity (Wildman–Crippen MR) is 42.5 cm³/mol. The van der Waals surface area contributed by atoms with Crippen LogP contribution >= 0.6 is 0 Å². The lowest BCUT2D eigenvalue weighted by atomic mass is 10.0. The highest BCUT2D eigenvalue weighted by Gasteiger charge is 2.29. The molecule has 0 aromatic carbocycles. The molecule has 0 saturated carbocycles. The number of nitrogens with zero attached hydrogens (tertiary/aromatic N) is 1. The summed E-state index contributed by atoms with van der Waals surface area (Å²) in [4.78, 5) is 4.15. The Bertz CT molecular complexity index is 170. The van der Waals surface area contributed by atoms with Crippen molar-refractivity contribution < 1.29 is 9.47 Å². The van der Waals surface area contributed by atoms with Crippen LogP contribution in [-0.2, 0) is 9.47 Å². The highest BCUT2D eigenvalue weighted by molar-refractivity contribution is 5.73. The highest BCUT2D eigenvalue weighted by atomic mass is 16.5. The molecule has 11 heavy (non-hydrogen) atoms. The quantitative estimate of drug-likeness (QED) is 0.635. The summed E-state index contributed by atoms with van der Waals surface area (Å²) in [6.07, 6.45) is 0.851. The average Bonchev–Trinajstić information content (AvgIpc) is 2.28. The van der Waals surface area contributed by atoms with Crippen molar-refractivity contribution in [3.63, 3.8) is 0 Å². The molecule has 2 N–H and O–H groups in total. The van der Waals surface area contributed by atoms with Crippen LogP contribution in [-0.4, -0.2) is 31.9 Å². The second kappa shape index (κ2) is 3.09. The molecule has 0 bridgehead atoms. The smallest absolute Gasteiger partial charge is 0.282 e. The Hall–Kier alpha value is -0.770. The maximum Gasteiger partial charge on any atom is 0.282 e. The van der Waals surface area contributed by atoms with Crippen molar-refractivity contribution in [2.45, 2.75) is 18.9 Å². The van der Waals surface area contributed by atoms with Crippen molar-refractivity contribution in [2.75, 3.05) is 20.3 Å². The van der Waals surface area contributed by atoms with E-state index in [2.05, 4.69) is 4.99 Å². The fourth-order valence-corrected chi connectivity index (χ4v) is 1.01. The molecule has 4 heteroatoms. The van der Waals surface area contributed by atoms with Gasteiger partial charge in [-0.1, -0.05) is 0 Å². The van der Waals surface area contributed by atoms with E-state index in [0.29, 0.717) is 19.2 Å². The zero-order chi connectivity index (χ0) is 8.32. The van der Waals surface area contributed by atoms with E-state index in [-0.39, 0.29) is 5.54 Å². The summed E-state index contributed by atoms with van der Waals surface area (Å²) in [5, 5.41) is 0. The first kappa shape index (κ1) is 8.33. The summed E-state index contributed by atoms with van der Waals surface area (Å²) in [5.74, 6) is 0. The third-order valence-corrected chi connectivity index (χ3v) is 1.76. The van der Waals surface area contributed by atoms with Crippen LogP contribution in [0.3, 0.4) is 0 Å². The summed E-state index contributed by atoms with van der Waals surface area (Å²) >= 11 is 0. The van der Waals surface area contributed by atoms with Gasteiger partial charge in [-0.25, -0.2) is 4.99 Å². The van der Waals surface area contributed by atoms with E-state index < -0.39 is 0 Å². The molecule has 0 aromatic rings. The number of rotatable bonds is 3. The maximum absolute atomic E-state index is 5.37. The molecule has 0 radical (unpaired) electrons. The van der Waals surface area contributed by atoms with Crippen molar-refractivity contribution in [1.82, 2.24) is 0 Å². The molecule has 0 saturated heterocycles. The van der Waals surface area contributed by atoms with Gasteiger partial charge in [-0.05, 0) is 13.3 Å². The van der Waals surface area contributed by atoms with Gasteiger partial charge >= 0.3 is 0 Å². The lowest BCUT2D eigenvalue weighted by molar-refractivity contribution is 0.158. The highest BCUT2D eigenvalue weighted by Crippen LogP contribution is 2.20. The minimum absolute atomic E-state index is 0.167. The van der Waals surface area contributed by atoms with E-state index in [1.165, 1.54) is 0 Å². The van der Waals surface area contributed by atoms with Gasteiger partial charge < -0.3 is 15.2 Å². The van der Waals surface area contributed by atoms with Gasteiger partial charge in [-0.2, -0.15) is 0 Å². The van der Waals surface area contributed by atoms with Crippen molar-refractivity contribution in [3.05, 3.63) is 0 Å². The van der Waals surface area contributed by atoms with Crippen molar-refractivity contribution in [2.24, 2.45) is 10.7 Å². The zero-order valence-electron chi connectivity index (χ0n) is 6.96. The van der Waals surface area contributed by atoms with Gasteiger partial charge in [0.15, 0.2) is 0 Å². The fourth-order valence-electron chi connectivity index (χ4n) is 1.01. The third-order valence-electron chi connectivity index (χ3n) is 1.76. The Morgan fingerprint density at radius 3 is 3.00 bits per heavy atom. The van der Waals surface area contributed by atoms with Crippen LogP contribution in [0, 0.1) is 0 Å². The summed E-state index contributed by atoms with van der Waals surface area (Å²) in [6.45, 7) is 3.27. The lowest BCUT2D eigenvalue weighted by Gasteiger charge is -2.16. The van der Waals surface area contributed by atoms with E-state index in [4.69, 9.17) is 15.2 Å². The Morgan fingerprint density at radius 2 is 2.55 bits per heavy atom. The molecule has 0 spiro atoms. The Morgan fingerprint density at radius 1 is 1.82 bits per heavy atom. The molecule has 1 atom stereocenters. The largest absolute Gasteiger partial charge is 0.463 e. The van der Waals surface area contributed by atoms with Crippen LogP contribution < -0.4 is 5.73 Å². The SMILES string of the molecule is COCCC1(C)COC(N)=N1.